The normalized spacial score (nSPS) is 13.9. The summed E-state index contributed by atoms with van der Waals surface area (Å²) < 4.78 is 18.5. The summed E-state index contributed by atoms with van der Waals surface area (Å²) in [5.41, 5.74) is 3.25. The molecule has 0 saturated carbocycles. The van der Waals surface area contributed by atoms with Crippen molar-refractivity contribution in [2.24, 2.45) is 4.40 Å². The molecule has 2 heterocycles. The van der Waals surface area contributed by atoms with Crippen molar-refractivity contribution < 1.29 is 4.55 Å². The van der Waals surface area contributed by atoms with Gasteiger partial charge in [0.2, 0.25) is 0 Å². The Morgan fingerprint density at radius 2 is 2.07 bits per heavy atom. The zero-order chi connectivity index (χ0) is 20.6. The Kier molecular flexibility index (Phi) is 5.86. The molecule has 2 N–H and O–H groups in total. The molecule has 3 aromatic rings. The van der Waals surface area contributed by atoms with Crippen molar-refractivity contribution in [3.8, 4) is 0 Å². The van der Waals surface area contributed by atoms with Crippen LogP contribution in [-0.2, 0) is 17.9 Å². The van der Waals surface area contributed by atoms with E-state index in [-0.39, 0.29) is 5.56 Å². The van der Waals surface area contributed by atoms with Crippen LogP contribution in [0.1, 0.15) is 38.8 Å². The van der Waals surface area contributed by atoms with Crippen molar-refractivity contribution in [3.63, 3.8) is 0 Å². The van der Waals surface area contributed by atoms with Crippen LogP contribution in [-0.4, -0.2) is 29.5 Å². The van der Waals surface area contributed by atoms with Crippen molar-refractivity contribution in [2.45, 2.75) is 39.0 Å². The van der Waals surface area contributed by atoms with E-state index in [4.69, 9.17) is 23.8 Å². The number of rotatable bonds is 4. The number of nitrogens with one attached hydrogen (secondary N) is 2. The van der Waals surface area contributed by atoms with Gasteiger partial charge in [-0.3, -0.25) is 9.78 Å². The average Bonchev–Trinajstić information content (AvgIpc) is 3.08. The molecule has 0 amide bonds. The third-order valence-corrected chi connectivity index (χ3v) is 6.29. The summed E-state index contributed by atoms with van der Waals surface area (Å²) in [6.07, 6.45) is 1.70. The van der Waals surface area contributed by atoms with E-state index in [0.29, 0.717) is 33.1 Å². The number of fused-ring (bicyclic) bond motifs is 1. The van der Waals surface area contributed by atoms with Gasteiger partial charge in [-0.05, 0) is 63.7 Å². The van der Waals surface area contributed by atoms with Gasteiger partial charge < -0.3 is 14.1 Å². The van der Waals surface area contributed by atoms with Gasteiger partial charge in [-0.2, -0.15) is 0 Å². The zero-order valence-electron chi connectivity index (χ0n) is 16.0. The van der Waals surface area contributed by atoms with Crippen molar-refractivity contribution in [2.75, 3.05) is 0 Å². The summed E-state index contributed by atoms with van der Waals surface area (Å²) in [6.45, 7) is 7.85. The highest BCUT2D eigenvalue weighted by Gasteiger charge is 2.27. The highest BCUT2D eigenvalue weighted by Crippen LogP contribution is 2.23. The summed E-state index contributed by atoms with van der Waals surface area (Å²) in [6, 6.07) is 7.30. The summed E-state index contributed by atoms with van der Waals surface area (Å²) >= 11 is 10.2. The topological polar surface area (TPSA) is 89.0 Å². The van der Waals surface area contributed by atoms with Crippen LogP contribution in [0, 0.1) is 4.77 Å². The van der Waals surface area contributed by atoms with Gasteiger partial charge >= 0.3 is 0 Å². The zero-order valence-corrected chi connectivity index (χ0v) is 18.4. The monoisotopic (exact) mass is 436 g/mol. The molecule has 148 valence electrons. The number of aromatic amines is 2. The Labute approximate surface area is 176 Å². The fourth-order valence-electron chi connectivity index (χ4n) is 2.77. The molecular weight excluding hydrogens is 416 g/mol. The Hall–Kier alpha value is -1.87. The third-order valence-electron chi connectivity index (χ3n) is 4.24. The Morgan fingerprint density at radius 1 is 1.36 bits per heavy atom. The molecule has 0 aliphatic rings. The third kappa shape index (κ3) is 4.25. The van der Waals surface area contributed by atoms with Crippen molar-refractivity contribution >= 4 is 51.9 Å². The van der Waals surface area contributed by atoms with E-state index in [1.165, 1.54) is 0 Å². The summed E-state index contributed by atoms with van der Waals surface area (Å²) in [7, 11) is 0. The lowest BCUT2D eigenvalue weighted by Gasteiger charge is -2.19. The molecule has 0 spiro atoms. The standard InChI is InChI=1S/C19H21ClN4O2S2/c1-11(23-28(26)19(2,3)4)14-9-13(20)6-5-12(14)10-24-15-7-8-21-16(15)17(25)22-18(24)27/h5-9,21H,10H2,1-4H3,(H,22,25,27)/t28-/m1/s1. The minimum absolute atomic E-state index is 0.254. The molecule has 1 aromatic carbocycles. The Morgan fingerprint density at radius 3 is 2.75 bits per heavy atom. The minimum Gasteiger partial charge on any atom is -0.591 e. The van der Waals surface area contributed by atoms with Crippen LogP contribution in [0.2, 0.25) is 5.02 Å². The maximum Gasteiger partial charge on any atom is 0.276 e. The second-order valence-electron chi connectivity index (χ2n) is 7.42. The minimum atomic E-state index is -1.39. The quantitative estimate of drug-likeness (QED) is 0.361. The lowest BCUT2D eigenvalue weighted by molar-refractivity contribution is 0.561. The van der Waals surface area contributed by atoms with Crippen molar-refractivity contribution in [1.82, 2.24) is 14.5 Å². The summed E-state index contributed by atoms with van der Waals surface area (Å²) in [5, 5.41) is 0.562. The number of benzene rings is 1. The molecule has 0 fully saturated rings. The van der Waals surface area contributed by atoms with Gasteiger partial charge in [0.05, 0.1) is 17.8 Å². The van der Waals surface area contributed by atoms with Crippen LogP contribution in [0.4, 0.5) is 0 Å². The first-order chi connectivity index (χ1) is 13.1. The first kappa shape index (κ1) is 20.9. The molecule has 6 nitrogen and oxygen atoms in total. The van der Waals surface area contributed by atoms with Crippen molar-refractivity contribution in [3.05, 3.63) is 61.7 Å². The van der Waals surface area contributed by atoms with E-state index < -0.39 is 16.1 Å². The number of hydrogen-bond acceptors (Lipinski definition) is 4. The molecule has 0 unspecified atom stereocenters. The molecule has 28 heavy (non-hydrogen) atoms. The molecule has 0 aliphatic carbocycles. The maximum absolute atomic E-state index is 12.5. The first-order valence-electron chi connectivity index (χ1n) is 8.64. The molecule has 0 saturated heterocycles. The van der Waals surface area contributed by atoms with Gasteiger partial charge in [0, 0.05) is 16.8 Å². The Balaban J connectivity index is 2.11. The summed E-state index contributed by atoms with van der Waals surface area (Å²) in [5.74, 6) is 0. The molecular formula is C19H21ClN4O2S2. The molecule has 9 heteroatoms. The van der Waals surface area contributed by atoms with Gasteiger partial charge in [0.1, 0.15) is 21.6 Å². The van der Waals surface area contributed by atoms with Gasteiger partial charge in [0.15, 0.2) is 4.77 Å². The summed E-state index contributed by atoms with van der Waals surface area (Å²) in [4.78, 5) is 17.7. The average molecular weight is 437 g/mol. The molecule has 0 bridgehead atoms. The van der Waals surface area contributed by atoms with Gasteiger partial charge in [-0.25, -0.2) is 0 Å². The lowest BCUT2D eigenvalue weighted by Crippen LogP contribution is -2.27. The van der Waals surface area contributed by atoms with E-state index in [9.17, 15) is 9.35 Å². The van der Waals surface area contributed by atoms with E-state index in [1.807, 2.05) is 44.4 Å². The van der Waals surface area contributed by atoms with Gasteiger partial charge in [-0.15, -0.1) is 0 Å². The van der Waals surface area contributed by atoms with Gasteiger partial charge in [0.25, 0.3) is 5.56 Å². The fraction of sp³-hybridized carbons (Fsp3) is 0.316. The van der Waals surface area contributed by atoms with Crippen LogP contribution >= 0.6 is 23.8 Å². The first-order valence-corrected chi connectivity index (χ1v) is 10.5. The highest BCUT2D eigenvalue weighted by molar-refractivity contribution is 7.91. The Bertz CT molecular complexity index is 1170. The lowest BCUT2D eigenvalue weighted by atomic mass is 10.0. The van der Waals surface area contributed by atoms with Crippen molar-refractivity contribution in [1.29, 1.82) is 0 Å². The number of hydrogen-bond donors (Lipinski definition) is 2. The van der Waals surface area contributed by atoms with Crippen LogP contribution in [0.15, 0.2) is 39.7 Å². The molecule has 3 rings (SSSR count). The number of nitrogens with zero attached hydrogens (tertiary/aromatic N) is 2. The van der Waals surface area contributed by atoms with Gasteiger partial charge in [-0.1, -0.05) is 22.1 Å². The second-order valence-corrected chi connectivity index (χ2v) is 10.2. The van der Waals surface area contributed by atoms with Crippen LogP contribution in [0.3, 0.4) is 0 Å². The number of aromatic nitrogens is 3. The van der Waals surface area contributed by atoms with E-state index in [1.54, 1.807) is 18.3 Å². The molecule has 0 radical (unpaired) electrons. The smallest absolute Gasteiger partial charge is 0.276 e. The SMILES string of the molecule is CC(=N[S@+]([O-])C(C)(C)C)c1cc(Cl)ccc1Cn1c(=S)[nH]c(=O)c2[nH]ccc21. The maximum atomic E-state index is 12.5. The molecule has 1 atom stereocenters. The number of halogens is 1. The highest BCUT2D eigenvalue weighted by atomic mass is 35.5. The predicted molar refractivity (Wildman–Crippen MR) is 118 cm³/mol. The largest absolute Gasteiger partial charge is 0.591 e. The van der Waals surface area contributed by atoms with E-state index in [2.05, 4.69) is 14.4 Å². The predicted octanol–water partition coefficient (Wildman–Crippen LogP) is 4.36. The van der Waals surface area contributed by atoms with E-state index >= 15 is 0 Å². The van der Waals surface area contributed by atoms with Crippen LogP contribution in [0.25, 0.3) is 11.0 Å². The van der Waals surface area contributed by atoms with Crippen LogP contribution < -0.4 is 5.56 Å². The van der Waals surface area contributed by atoms with E-state index in [0.717, 1.165) is 11.1 Å². The molecule has 2 aromatic heterocycles. The second kappa shape index (κ2) is 7.87. The fourth-order valence-corrected chi connectivity index (χ4v) is 3.81. The molecule has 0 aliphatic heterocycles. The van der Waals surface area contributed by atoms with Crippen LogP contribution in [0.5, 0.6) is 0 Å². The number of H-pyrrole nitrogens is 2.